The van der Waals surface area contributed by atoms with E-state index in [2.05, 4.69) is 10.4 Å². The maximum atomic E-state index is 11.7. The van der Waals surface area contributed by atoms with Crippen LogP contribution in [0.1, 0.15) is 45.5 Å². The molecule has 1 heterocycles. The van der Waals surface area contributed by atoms with Crippen LogP contribution in [-0.4, -0.2) is 30.1 Å². The van der Waals surface area contributed by atoms with Crippen molar-refractivity contribution in [1.29, 1.82) is 0 Å². The summed E-state index contributed by atoms with van der Waals surface area (Å²) < 4.78 is 25.0. The fraction of sp³-hybridized carbons (Fsp3) is 0.692. The van der Waals surface area contributed by atoms with E-state index in [4.69, 9.17) is 10.7 Å². The summed E-state index contributed by atoms with van der Waals surface area (Å²) in [6, 6.07) is 0.0748. The smallest absolute Gasteiger partial charge is 0.264 e. The van der Waals surface area contributed by atoms with Gasteiger partial charge in [-0.25, -0.2) is 8.42 Å². The SMILES string of the molecule is CCc1nn(CCC(=O)NC(C)C)c(CC)c1S(=O)(=O)Cl. The third-order valence-electron chi connectivity index (χ3n) is 2.99. The Morgan fingerprint density at radius 2 is 1.95 bits per heavy atom. The van der Waals surface area contributed by atoms with Crippen molar-refractivity contribution in [1.82, 2.24) is 15.1 Å². The molecule has 120 valence electrons. The van der Waals surface area contributed by atoms with Crippen molar-refractivity contribution in [2.45, 2.75) is 64.4 Å². The number of rotatable bonds is 7. The number of carbonyl (C=O) groups excluding carboxylic acids is 1. The second-order valence-corrected chi connectivity index (χ2v) is 7.57. The van der Waals surface area contributed by atoms with E-state index in [0.29, 0.717) is 30.8 Å². The van der Waals surface area contributed by atoms with Crippen molar-refractivity contribution in [3.63, 3.8) is 0 Å². The molecule has 0 aliphatic carbocycles. The van der Waals surface area contributed by atoms with Gasteiger partial charge in [-0.05, 0) is 26.7 Å². The highest BCUT2D eigenvalue weighted by Gasteiger charge is 2.25. The van der Waals surface area contributed by atoms with E-state index in [-0.39, 0.29) is 23.3 Å². The quantitative estimate of drug-likeness (QED) is 0.771. The van der Waals surface area contributed by atoms with Crippen molar-refractivity contribution in [2.24, 2.45) is 0 Å². The summed E-state index contributed by atoms with van der Waals surface area (Å²) in [5.41, 5.74) is 1.00. The summed E-state index contributed by atoms with van der Waals surface area (Å²) in [4.78, 5) is 11.8. The normalized spacial score (nSPS) is 11.9. The van der Waals surface area contributed by atoms with Crippen molar-refractivity contribution in [3.8, 4) is 0 Å². The first-order valence-electron chi connectivity index (χ1n) is 7.03. The second kappa shape index (κ2) is 7.26. The van der Waals surface area contributed by atoms with E-state index in [1.54, 1.807) is 4.68 Å². The lowest BCUT2D eigenvalue weighted by Gasteiger charge is -2.09. The maximum Gasteiger partial charge on any atom is 0.264 e. The summed E-state index contributed by atoms with van der Waals surface area (Å²) >= 11 is 0. The molecule has 1 amide bonds. The van der Waals surface area contributed by atoms with Gasteiger partial charge in [0.05, 0.1) is 17.9 Å². The van der Waals surface area contributed by atoms with Crippen LogP contribution in [0.5, 0.6) is 0 Å². The number of carbonyl (C=O) groups is 1. The predicted molar refractivity (Wildman–Crippen MR) is 81.9 cm³/mol. The first-order valence-corrected chi connectivity index (χ1v) is 9.34. The van der Waals surface area contributed by atoms with E-state index in [1.165, 1.54) is 0 Å². The van der Waals surface area contributed by atoms with Gasteiger partial charge in [0.2, 0.25) is 5.91 Å². The summed E-state index contributed by atoms with van der Waals surface area (Å²) in [6.45, 7) is 7.77. The second-order valence-electron chi connectivity index (χ2n) is 5.06. The molecule has 8 heteroatoms. The fourth-order valence-corrected chi connectivity index (χ4v) is 3.71. The van der Waals surface area contributed by atoms with Crippen LogP contribution >= 0.6 is 10.7 Å². The highest BCUT2D eigenvalue weighted by molar-refractivity contribution is 8.13. The van der Waals surface area contributed by atoms with Crippen LogP contribution in [0.3, 0.4) is 0 Å². The molecule has 0 bridgehead atoms. The molecule has 1 N–H and O–H groups in total. The van der Waals surface area contributed by atoms with Gasteiger partial charge in [-0.1, -0.05) is 13.8 Å². The average Bonchev–Trinajstić information content (AvgIpc) is 2.73. The number of aromatic nitrogens is 2. The van der Waals surface area contributed by atoms with Gasteiger partial charge in [0, 0.05) is 23.1 Å². The minimum Gasteiger partial charge on any atom is -0.354 e. The van der Waals surface area contributed by atoms with Crippen molar-refractivity contribution in [3.05, 3.63) is 11.4 Å². The van der Waals surface area contributed by atoms with Gasteiger partial charge < -0.3 is 5.32 Å². The Morgan fingerprint density at radius 1 is 1.33 bits per heavy atom. The number of halogens is 1. The number of hydrogen-bond acceptors (Lipinski definition) is 4. The first kappa shape index (κ1) is 18.0. The van der Waals surface area contributed by atoms with Gasteiger partial charge in [-0.3, -0.25) is 9.48 Å². The molecule has 0 unspecified atom stereocenters. The maximum absolute atomic E-state index is 11.7. The third-order valence-corrected chi connectivity index (χ3v) is 4.41. The largest absolute Gasteiger partial charge is 0.354 e. The van der Waals surface area contributed by atoms with Gasteiger partial charge in [0.25, 0.3) is 9.05 Å². The Hall–Kier alpha value is -1.08. The molecular weight excluding hydrogens is 314 g/mol. The Balaban J connectivity index is 3.04. The Kier molecular flexibility index (Phi) is 6.22. The number of amides is 1. The van der Waals surface area contributed by atoms with Crippen LogP contribution in [0, 0.1) is 0 Å². The molecule has 0 atom stereocenters. The van der Waals surface area contributed by atoms with Gasteiger partial charge in [-0.15, -0.1) is 0 Å². The highest BCUT2D eigenvalue weighted by atomic mass is 35.7. The monoisotopic (exact) mass is 335 g/mol. The van der Waals surface area contributed by atoms with Gasteiger partial charge in [-0.2, -0.15) is 5.10 Å². The highest BCUT2D eigenvalue weighted by Crippen LogP contribution is 2.25. The summed E-state index contributed by atoms with van der Waals surface area (Å²) in [5.74, 6) is -0.0871. The molecule has 0 aliphatic heterocycles. The Labute approximate surface area is 130 Å². The Morgan fingerprint density at radius 3 is 2.38 bits per heavy atom. The van der Waals surface area contributed by atoms with Crippen LogP contribution in [0.4, 0.5) is 0 Å². The fourth-order valence-electron chi connectivity index (χ4n) is 2.18. The molecule has 0 spiro atoms. The molecule has 1 rings (SSSR count). The molecule has 0 aromatic carbocycles. The molecule has 21 heavy (non-hydrogen) atoms. The van der Waals surface area contributed by atoms with Crippen LogP contribution < -0.4 is 5.32 Å². The molecule has 1 aromatic rings. The average molecular weight is 336 g/mol. The molecule has 1 aromatic heterocycles. The van der Waals surface area contributed by atoms with Crippen LogP contribution in [0.25, 0.3) is 0 Å². The summed E-state index contributed by atoms with van der Waals surface area (Å²) in [5, 5.41) is 7.08. The van der Waals surface area contributed by atoms with E-state index in [1.807, 2.05) is 27.7 Å². The predicted octanol–water partition coefficient (Wildman–Crippen LogP) is 1.85. The number of hydrogen-bond donors (Lipinski definition) is 1. The van der Waals surface area contributed by atoms with Crippen LogP contribution in [0.15, 0.2) is 4.90 Å². The molecule has 0 fully saturated rings. The van der Waals surface area contributed by atoms with Crippen LogP contribution in [0.2, 0.25) is 0 Å². The molecule has 0 radical (unpaired) electrons. The summed E-state index contributed by atoms with van der Waals surface area (Å²) in [6.07, 6.45) is 1.21. The standard InChI is InChI=1S/C13H22ClN3O3S/c1-5-10-13(21(14,19)20)11(6-2)17(16-10)8-7-12(18)15-9(3)4/h9H,5-8H2,1-4H3,(H,15,18). The van der Waals surface area contributed by atoms with Crippen molar-refractivity contribution < 1.29 is 13.2 Å². The molecular formula is C13H22ClN3O3S. The van der Waals surface area contributed by atoms with Gasteiger partial charge >= 0.3 is 0 Å². The molecule has 0 saturated carbocycles. The van der Waals surface area contributed by atoms with Crippen LogP contribution in [-0.2, 0) is 33.2 Å². The minimum absolute atomic E-state index is 0.0748. The lowest BCUT2D eigenvalue weighted by Crippen LogP contribution is -2.30. The lowest BCUT2D eigenvalue weighted by molar-refractivity contribution is -0.121. The van der Waals surface area contributed by atoms with Crippen molar-refractivity contribution >= 4 is 25.6 Å². The first-order chi connectivity index (χ1) is 9.70. The number of aryl methyl sites for hydroxylation is 2. The topological polar surface area (TPSA) is 81.1 Å². The van der Waals surface area contributed by atoms with Crippen molar-refractivity contribution in [2.75, 3.05) is 0 Å². The summed E-state index contributed by atoms with van der Waals surface area (Å²) in [7, 11) is 1.67. The molecule has 0 saturated heterocycles. The zero-order valence-corrected chi connectivity index (χ0v) is 14.4. The zero-order valence-electron chi connectivity index (χ0n) is 12.8. The zero-order chi connectivity index (χ0) is 16.2. The van der Waals surface area contributed by atoms with E-state index in [0.717, 1.165) is 0 Å². The van der Waals surface area contributed by atoms with Gasteiger partial charge in [0.1, 0.15) is 4.90 Å². The minimum atomic E-state index is -3.84. The van der Waals surface area contributed by atoms with E-state index >= 15 is 0 Å². The van der Waals surface area contributed by atoms with E-state index < -0.39 is 9.05 Å². The Bertz CT molecular complexity index is 608. The lowest BCUT2D eigenvalue weighted by atomic mass is 10.2. The number of nitrogens with one attached hydrogen (secondary N) is 1. The molecule has 6 nitrogen and oxygen atoms in total. The molecule has 0 aliphatic rings. The van der Waals surface area contributed by atoms with Gasteiger partial charge in [0.15, 0.2) is 0 Å². The third kappa shape index (κ3) is 4.71. The van der Waals surface area contributed by atoms with E-state index in [9.17, 15) is 13.2 Å². The number of nitrogens with zero attached hydrogens (tertiary/aromatic N) is 2.